The number of hydrogen-bond acceptors (Lipinski definition) is 2. The van der Waals surface area contributed by atoms with Crippen LogP contribution in [-0.2, 0) is 4.79 Å². The molecule has 1 N–H and O–H groups in total. The van der Waals surface area contributed by atoms with Crippen molar-refractivity contribution in [3.8, 4) is 0 Å². The highest BCUT2D eigenvalue weighted by Crippen LogP contribution is 2.30. The van der Waals surface area contributed by atoms with Crippen LogP contribution in [0.25, 0.3) is 0 Å². The van der Waals surface area contributed by atoms with Gasteiger partial charge < -0.3 is 10.2 Å². The van der Waals surface area contributed by atoms with Gasteiger partial charge in [-0.2, -0.15) is 0 Å². The quantitative estimate of drug-likeness (QED) is 0.929. The Labute approximate surface area is 108 Å². The van der Waals surface area contributed by atoms with Crippen LogP contribution in [0.1, 0.15) is 13.3 Å². The Morgan fingerprint density at radius 3 is 3.00 bits per heavy atom. The zero-order chi connectivity index (χ0) is 12.4. The van der Waals surface area contributed by atoms with Crippen molar-refractivity contribution in [3.63, 3.8) is 0 Å². The van der Waals surface area contributed by atoms with Gasteiger partial charge in [-0.1, -0.05) is 6.92 Å². The monoisotopic (exact) mass is 300 g/mol. The molecule has 1 aromatic carbocycles. The average Bonchev–Trinajstić information content (AvgIpc) is 2.62. The molecule has 1 aliphatic heterocycles. The minimum Gasteiger partial charge on any atom is -0.310 e. The Morgan fingerprint density at radius 2 is 2.35 bits per heavy atom. The number of amides is 1. The van der Waals surface area contributed by atoms with Crippen LogP contribution in [0.3, 0.4) is 0 Å². The Hall–Kier alpha value is -0.940. The molecule has 1 amide bonds. The van der Waals surface area contributed by atoms with Crippen molar-refractivity contribution in [1.82, 2.24) is 5.32 Å². The van der Waals surface area contributed by atoms with E-state index in [1.54, 1.807) is 11.0 Å². The molecule has 0 bridgehead atoms. The molecule has 17 heavy (non-hydrogen) atoms. The van der Waals surface area contributed by atoms with Gasteiger partial charge in [-0.25, -0.2) is 4.39 Å². The predicted molar refractivity (Wildman–Crippen MR) is 68.5 cm³/mol. The maximum atomic E-state index is 13.0. The van der Waals surface area contributed by atoms with Crippen molar-refractivity contribution >= 4 is 27.5 Å². The van der Waals surface area contributed by atoms with E-state index in [0.717, 1.165) is 18.7 Å². The third kappa shape index (κ3) is 2.50. The first-order valence-corrected chi connectivity index (χ1v) is 6.42. The average molecular weight is 301 g/mol. The number of likely N-dealkylation sites (N-methyl/N-ethyl adjacent to an activating group) is 1. The van der Waals surface area contributed by atoms with Crippen LogP contribution < -0.4 is 10.2 Å². The van der Waals surface area contributed by atoms with E-state index in [1.807, 2.05) is 6.92 Å². The first kappa shape index (κ1) is 12.5. The zero-order valence-corrected chi connectivity index (χ0v) is 11.1. The number of nitrogens with one attached hydrogen (secondary N) is 1. The summed E-state index contributed by atoms with van der Waals surface area (Å²) < 4.78 is 13.6. The number of carbonyl (C=O) groups excluding carboxylic acids is 1. The van der Waals surface area contributed by atoms with E-state index in [0.29, 0.717) is 11.0 Å². The second-order valence-corrected chi connectivity index (χ2v) is 4.84. The van der Waals surface area contributed by atoms with Crippen LogP contribution in [0.2, 0.25) is 0 Å². The van der Waals surface area contributed by atoms with Crippen molar-refractivity contribution in [2.45, 2.75) is 19.4 Å². The minimum absolute atomic E-state index is 0.0548. The molecule has 5 heteroatoms. The van der Waals surface area contributed by atoms with Gasteiger partial charge in [0, 0.05) is 11.0 Å². The maximum absolute atomic E-state index is 13.0. The molecule has 3 nitrogen and oxygen atoms in total. The van der Waals surface area contributed by atoms with Crippen LogP contribution in [0, 0.1) is 5.82 Å². The second-order valence-electron chi connectivity index (χ2n) is 3.98. The smallest absolute Gasteiger partial charge is 0.244 e. The summed E-state index contributed by atoms with van der Waals surface area (Å²) >= 11 is 3.29. The van der Waals surface area contributed by atoms with Crippen molar-refractivity contribution in [2.24, 2.45) is 0 Å². The molecule has 1 atom stereocenters. The third-order valence-corrected chi connectivity index (χ3v) is 3.49. The molecule has 0 aliphatic carbocycles. The van der Waals surface area contributed by atoms with E-state index >= 15 is 0 Å². The first-order valence-electron chi connectivity index (χ1n) is 5.63. The first-order chi connectivity index (χ1) is 8.13. The summed E-state index contributed by atoms with van der Waals surface area (Å²) in [6.45, 7) is 3.42. The fraction of sp³-hybridized carbons (Fsp3) is 0.417. The van der Waals surface area contributed by atoms with Gasteiger partial charge in [0.15, 0.2) is 0 Å². The van der Waals surface area contributed by atoms with Crippen molar-refractivity contribution < 1.29 is 9.18 Å². The number of anilines is 1. The van der Waals surface area contributed by atoms with E-state index < -0.39 is 0 Å². The Kier molecular flexibility index (Phi) is 3.79. The number of carbonyl (C=O) groups is 1. The van der Waals surface area contributed by atoms with Crippen LogP contribution >= 0.6 is 15.9 Å². The lowest BCUT2D eigenvalue weighted by atomic mass is 10.2. The number of benzene rings is 1. The Balaban J connectivity index is 2.21. The van der Waals surface area contributed by atoms with Gasteiger partial charge in [0.2, 0.25) is 5.91 Å². The zero-order valence-electron chi connectivity index (χ0n) is 9.54. The molecule has 0 saturated carbocycles. The summed E-state index contributed by atoms with van der Waals surface area (Å²) in [6, 6.07) is 4.26. The molecule has 92 valence electrons. The molecule has 0 aromatic heterocycles. The highest BCUT2D eigenvalue weighted by atomic mass is 79.9. The van der Waals surface area contributed by atoms with Crippen molar-refractivity contribution in [1.29, 1.82) is 0 Å². The largest absolute Gasteiger partial charge is 0.310 e. The lowest BCUT2D eigenvalue weighted by Gasteiger charge is -2.18. The van der Waals surface area contributed by atoms with E-state index in [-0.39, 0.29) is 17.8 Å². The predicted octanol–water partition coefficient (Wildman–Crippen LogP) is 2.30. The molecule has 1 fully saturated rings. The topological polar surface area (TPSA) is 32.3 Å². The van der Waals surface area contributed by atoms with Gasteiger partial charge in [0.05, 0.1) is 11.7 Å². The number of nitrogens with zero attached hydrogens (tertiary/aromatic N) is 1. The Bertz CT molecular complexity index is 439. The molecule has 0 radical (unpaired) electrons. The van der Waals surface area contributed by atoms with Gasteiger partial charge >= 0.3 is 0 Å². The normalized spacial score (nSPS) is 20.1. The maximum Gasteiger partial charge on any atom is 0.244 e. The lowest BCUT2D eigenvalue weighted by molar-refractivity contribution is -0.118. The molecule has 2 rings (SSSR count). The summed E-state index contributed by atoms with van der Waals surface area (Å²) in [4.78, 5) is 13.8. The van der Waals surface area contributed by atoms with E-state index in [2.05, 4.69) is 21.2 Å². The van der Waals surface area contributed by atoms with Crippen LogP contribution in [0.15, 0.2) is 22.7 Å². The molecular weight excluding hydrogens is 287 g/mol. The number of hydrogen-bond donors (Lipinski definition) is 1. The number of halogens is 2. The molecule has 1 heterocycles. The molecule has 1 aliphatic rings. The summed E-state index contributed by atoms with van der Waals surface area (Å²) in [5.41, 5.74) is 0.733. The Morgan fingerprint density at radius 1 is 1.59 bits per heavy atom. The van der Waals surface area contributed by atoms with Gasteiger partial charge in [-0.15, -0.1) is 0 Å². The van der Waals surface area contributed by atoms with Crippen molar-refractivity contribution in [2.75, 3.05) is 18.0 Å². The lowest BCUT2D eigenvalue weighted by Crippen LogP contribution is -2.38. The van der Waals surface area contributed by atoms with E-state index in [1.165, 1.54) is 12.1 Å². The van der Waals surface area contributed by atoms with Crippen molar-refractivity contribution in [3.05, 3.63) is 28.5 Å². The fourth-order valence-corrected chi connectivity index (χ4v) is 2.62. The number of rotatable bonds is 3. The molecule has 1 unspecified atom stereocenters. The third-order valence-electron chi connectivity index (χ3n) is 2.86. The molecule has 0 spiro atoms. The molecule has 1 aromatic rings. The summed E-state index contributed by atoms with van der Waals surface area (Å²) in [5, 5.41) is 3.14. The molecular formula is C12H14BrFN2O. The summed E-state index contributed by atoms with van der Waals surface area (Å²) in [5.74, 6) is -0.255. The summed E-state index contributed by atoms with van der Waals surface area (Å²) in [6.07, 6.45) is 0.788. The van der Waals surface area contributed by atoms with Gasteiger partial charge in [-0.3, -0.25) is 4.79 Å². The van der Waals surface area contributed by atoms with E-state index in [9.17, 15) is 9.18 Å². The standard InChI is InChI=1S/C12H14BrFN2O/c1-2-15-10-5-6-16(12(10)17)11-4-3-8(14)7-9(11)13/h3-4,7,10,15H,2,5-6H2,1H3. The van der Waals surface area contributed by atoms with E-state index in [4.69, 9.17) is 0 Å². The van der Waals surface area contributed by atoms with Crippen LogP contribution in [0.4, 0.5) is 10.1 Å². The summed E-state index contributed by atoms with van der Waals surface area (Å²) in [7, 11) is 0. The highest BCUT2D eigenvalue weighted by Gasteiger charge is 2.32. The van der Waals surface area contributed by atoms with Crippen LogP contribution in [0.5, 0.6) is 0 Å². The second kappa shape index (κ2) is 5.14. The fourth-order valence-electron chi connectivity index (χ4n) is 2.06. The van der Waals surface area contributed by atoms with Crippen LogP contribution in [-0.4, -0.2) is 25.0 Å². The SMILES string of the molecule is CCNC1CCN(c2ccc(F)cc2Br)C1=O. The van der Waals surface area contributed by atoms with Gasteiger partial charge in [0.25, 0.3) is 0 Å². The minimum atomic E-state index is -0.310. The van der Waals surface area contributed by atoms with Gasteiger partial charge in [-0.05, 0) is 47.1 Å². The highest BCUT2D eigenvalue weighted by molar-refractivity contribution is 9.10. The van der Waals surface area contributed by atoms with Gasteiger partial charge in [0.1, 0.15) is 5.82 Å². The molecule has 1 saturated heterocycles.